The molecule has 2 saturated heterocycles. The molecule has 1 amide bonds. The number of ether oxygens (including phenoxy) is 1. The molecule has 0 bridgehead atoms. The Hall–Kier alpha value is -2.08. The van der Waals surface area contributed by atoms with E-state index in [-0.39, 0.29) is 12.0 Å². The van der Waals surface area contributed by atoms with Crippen LogP contribution in [0.4, 0.5) is 4.79 Å². The number of nitrogens with zero attached hydrogens (tertiary/aromatic N) is 4. The summed E-state index contributed by atoms with van der Waals surface area (Å²) in [5.41, 5.74) is 1.87. The van der Waals surface area contributed by atoms with Crippen molar-refractivity contribution < 1.29 is 9.53 Å². The monoisotopic (exact) mass is 494 g/mol. The zero-order valence-electron chi connectivity index (χ0n) is 22.8. The first-order chi connectivity index (χ1) is 17.4. The standard InChI is InChI=1S/C30H46N4O2/c1-30(2,3)36-29(35)33-20-15-24(22-33)28-31-26-13-9-10-14-27(26)34(28)25-16-18-32(19-17-25)21-23-11-7-5-4-6-8-12-23/h9-10,13-14,23-25H,4-8,11-12,15-22H2,1-3H3. The number of carbonyl (C=O) groups is 1. The number of carbonyl (C=O) groups excluding carboxylic acids is 1. The zero-order chi connectivity index (χ0) is 25.1. The quantitative estimate of drug-likeness (QED) is 0.471. The molecule has 198 valence electrons. The van der Waals surface area contributed by atoms with Gasteiger partial charge >= 0.3 is 6.09 Å². The van der Waals surface area contributed by atoms with Gasteiger partial charge in [0.15, 0.2) is 0 Å². The van der Waals surface area contributed by atoms with Crippen LogP contribution < -0.4 is 0 Å². The molecule has 1 saturated carbocycles. The average Bonchev–Trinajstić information content (AvgIpc) is 3.45. The van der Waals surface area contributed by atoms with Crippen LogP contribution in [-0.4, -0.2) is 63.8 Å². The molecule has 6 nitrogen and oxygen atoms in total. The number of hydrogen-bond donors (Lipinski definition) is 0. The topological polar surface area (TPSA) is 50.6 Å². The van der Waals surface area contributed by atoms with Crippen molar-refractivity contribution in [2.45, 2.75) is 103 Å². The third-order valence-electron chi connectivity index (χ3n) is 8.49. The Morgan fingerprint density at radius 1 is 0.944 bits per heavy atom. The van der Waals surface area contributed by atoms with Gasteiger partial charge in [-0.1, -0.05) is 44.2 Å². The van der Waals surface area contributed by atoms with E-state index in [0.29, 0.717) is 12.6 Å². The van der Waals surface area contributed by atoms with Gasteiger partial charge in [-0.15, -0.1) is 0 Å². The van der Waals surface area contributed by atoms with Crippen molar-refractivity contribution in [3.05, 3.63) is 30.1 Å². The van der Waals surface area contributed by atoms with Crippen LogP contribution >= 0.6 is 0 Å². The molecule has 1 aromatic carbocycles. The molecule has 3 heterocycles. The molecule has 36 heavy (non-hydrogen) atoms. The van der Waals surface area contributed by atoms with Gasteiger partial charge < -0.3 is 19.1 Å². The normalized spacial score (nSPS) is 23.6. The van der Waals surface area contributed by atoms with Crippen molar-refractivity contribution in [3.8, 4) is 0 Å². The van der Waals surface area contributed by atoms with E-state index >= 15 is 0 Å². The van der Waals surface area contributed by atoms with Crippen molar-refractivity contribution >= 4 is 17.1 Å². The van der Waals surface area contributed by atoms with Gasteiger partial charge in [-0.2, -0.15) is 0 Å². The minimum atomic E-state index is -0.466. The van der Waals surface area contributed by atoms with Crippen LogP contribution in [0, 0.1) is 5.92 Å². The number of amides is 1. The fourth-order valence-corrected chi connectivity index (χ4v) is 6.65. The molecule has 2 aromatic rings. The first-order valence-corrected chi connectivity index (χ1v) is 14.5. The van der Waals surface area contributed by atoms with Crippen molar-refractivity contribution in [2.75, 3.05) is 32.7 Å². The average molecular weight is 495 g/mol. The number of fused-ring (bicyclic) bond motifs is 1. The summed E-state index contributed by atoms with van der Waals surface area (Å²) in [6, 6.07) is 9.07. The Kier molecular flexibility index (Phi) is 7.90. The smallest absolute Gasteiger partial charge is 0.410 e. The van der Waals surface area contributed by atoms with Gasteiger partial charge in [-0.05, 0) is 70.9 Å². The highest BCUT2D eigenvalue weighted by atomic mass is 16.6. The van der Waals surface area contributed by atoms with E-state index in [4.69, 9.17) is 9.72 Å². The number of likely N-dealkylation sites (tertiary alicyclic amines) is 2. The molecule has 1 atom stereocenters. The van der Waals surface area contributed by atoms with Gasteiger partial charge in [0, 0.05) is 44.7 Å². The fourth-order valence-electron chi connectivity index (χ4n) is 6.65. The number of para-hydroxylation sites is 2. The molecule has 3 fully saturated rings. The summed E-state index contributed by atoms with van der Waals surface area (Å²) in [4.78, 5) is 22.5. The predicted octanol–water partition coefficient (Wildman–Crippen LogP) is 6.76. The number of benzene rings is 1. The van der Waals surface area contributed by atoms with Crippen LogP contribution in [0.2, 0.25) is 0 Å². The lowest BCUT2D eigenvalue weighted by molar-refractivity contribution is 0.0292. The molecule has 0 radical (unpaired) electrons. The third-order valence-corrected chi connectivity index (χ3v) is 8.49. The Morgan fingerprint density at radius 2 is 1.64 bits per heavy atom. The lowest BCUT2D eigenvalue weighted by Gasteiger charge is -2.36. The first-order valence-electron chi connectivity index (χ1n) is 14.5. The van der Waals surface area contributed by atoms with Gasteiger partial charge in [-0.3, -0.25) is 0 Å². The highest BCUT2D eigenvalue weighted by molar-refractivity contribution is 5.76. The zero-order valence-corrected chi connectivity index (χ0v) is 22.8. The van der Waals surface area contributed by atoms with E-state index in [0.717, 1.165) is 24.4 Å². The molecule has 5 rings (SSSR count). The third kappa shape index (κ3) is 6.07. The molecule has 2 aliphatic heterocycles. The minimum absolute atomic E-state index is 0.199. The lowest BCUT2D eigenvalue weighted by Crippen LogP contribution is -2.38. The molecular weight excluding hydrogens is 448 g/mol. The molecule has 3 aliphatic rings. The summed E-state index contributed by atoms with van der Waals surface area (Å²) < 4.78 is 8.20. The fraction of sp³-hybridized carbons (Fsp3) is 0.733. The van der Waals surface area contributed by atoms with E-state index in [1.807, 2.05) is 25.7 Å². The molecule has 0 N–H and O–H groups in total. The molecule has 0 spiro atoms. The second kappa shape index (κ2) is 11.1. The number of rotatable bonds is 4. The van der Waals surface area contributed by atoms with Crippen molar-refractivity contribution in [1.82, 2.24) is 19.4 Å². The highest BCUT2D eigenvalue weighted by Crippen LogP contribution is 2.36. The Bertz CT molecular complexity index is 1010. The molecule has 6 heteroatoms. The summed E-state index contributed by atoms with van der Waals surface area (Å²) >= 11 is 0. The number of aromatic nitrogens is 2. The van der Waals surface area contributed by atoms with Crippen LogP contribution in [-0.2, 0) is 4.74 Å². The maximum atomic E-state index is 12.7. The number of imidazole rings is 1. The molecule has 1 unspecified atom stereocenters. The van der Waals surface area contributed by atoms with Gasteiger partial charge in [0.25, 0.3) is 0 Å². The predicted molar refractivity (Wildman–Crippen MR) is 145 cm³/mol. The summed E-state index contributed by atoms with van der Waals surface area (Å²) in [5, 5.41) is 0. The summed E-state index contributed by atoms with van der Waals surface area (Å²) in [5.74, 6) is 2.32. The van der Waals surface area contributed by atoms with Crippen LogP contribution in [0.15, 0.2) is 24.3 Å². The number of hydrogen-bond acceptors (Lipinski definition) is 4. The minimum Gasteiger partial charge on any atom is -0.444 e. The van der Waals surface area contributed by atoms with E-state index < -0.39 is 5.60 Å². The van der Waals surface area contributed by atoms with E-state index in [1.54, 1.807) is 0 Å². The Labute approximate surface area is 217 Å². The second-order valence-corrected chi connectivity index (χ2v) is 12.5. The highest BCUT2D eigenvalue weighted by Gasteiger charge is 2.35. The van der Waals surface area contributed by atoms with E-state index in [9.17, 15) is 4.79 Å². The molecule has 1 aliphatic carbocycles. The van der Waals surface area contributed by atoms with E-state index in [1.165, 1.54) is 88.8 Å². The summed E-state index contributed by atoms with van der Waals surface area (Å²) in [6.45, 7) is 10.9. The maximum Gasteiger partial charge on any atom is 0.410 e. The van der Waals surface area contributed by atoms with Gasteiger partial charge in [-0.25, -0.2) is 9.78 Å². The lowest BCUT2D eigenvalue weighted by atomic mass is 9.90. The second-order valence-electron chi connectivity index (χ2n) is 12.5. The van der Waals surface area contributed by atoms with Gasteiger partial charge in [0.05, 0.1) is 11.0 Å². The van der Waals surface area contributed by atoms with Crippen molar-refractivity contribution in [2.24, 2.45) is 5.92 Å². The van der Waals surface area contributed by atoms with Crippen LogP contribution in [0.1, 0.15) is 103 Å². The Morgan fingerprint density at radius 3 is 2.36 bits per heavy atom. The van der Waals surface area contributed by atoms with Crippen LogP contribution in [0.25, 0.3) is 11.0 Å². The van der Waals surface area contributed by atoms with Gasteiger partial charge in [0.2, 0.25) is 0 Å². The summed E-state index contributed by atoms with van der Waals surface area (Å²) in [6.07, 6.45) is 13.1. The van der Waals surface area contributed by atoms with Crippen molar-refractivity contribution in [1.29, 1.82) is 0 Å². The first kappa shape index (κ1) is 25.6. The Balaban J connectivity index is 1.27. The maximum absolute atomic E-state index is 12.7. The SMILES string of the molecule is CC(C)(C)OC(=O)N1CCC(c2nc3ccccc3n2C2CCN(CC3CCCCCCC3)CC2)C1. The van der Waals surface area contributed by atoms with E-state index in [2.05, 4.69) is 33.7 Å². The molecule has 1 aromatic heterocycles. The molecular formula is C30H46N4O2. The van der Waals surface area contributed by atoms with Crippen LogP contribution in [0.5, 0.6) is 0 Å². The van der Waals surface area contributed by atoms with Gasteiger partial charge in [0.1, 0.15) is 11.4 Å². The largest absolute Gasteiger partial charge is 0.444 e. The van der Waals surface area contributed by atoms with Crippen molar-refractivity contribution in [3.63, 3.8) is 0 Å². The number of piperidine rings is 1. The summed E-state index contributed by atoms with van der Waals surface area (Å²) in [7, 11) is 0. The van der Waals surface area contributed by atoms with Crippen LogP contribution in [0.3, 0.4) is 0 Å².